The largest absolute Gasteiger partial charge is 0.302 e. The number of benzene rings is 1. The summed E-state index contributed by atoms with van der Waals surface area (Å²) in [7, 11) is 0. The molecule has 0 fully saturated rings. The van der Waals surface area contributed by atoms with Gasteiger partial charge in [-0.2, -0.15) is 0 Å². The normalized spacial score (nSPS) is 13.0. The van der Waals surface area contributed by atoms with E-state index >= 15 is 0 Å². The smallest absolute Gasteiger partial charge is 0.189 e. The second kappa shape index (κ2) is 3.83. The van der Waals surface area contributed by atoms with Gasteiger partial charge in [-0.3, -0.25) is 0 Å². The Morgan fingerprint density at radius 1 is 1.58 bits per heavy atom. The molecule has 66 valence electrons. The van der Waals surface area contributed by atoms with Crippen LogP contribution in [0.4, 0.5) is 4.39 Å². The molecule has 0 aromatic heterocycles. The van der Waals surface area contributed by atoms with E-state index < -0.39 is 16.9 Å². The monoisotopic (exact) mass is 272 g/mol. The third-order valence-corrected chi connectivity index (χ3v) is 3.22. The van der Waals surface area contributed by atoms with E-state index in [1.54, 1.807) is 0 Å². The highest BCUT2D eigenvalue weighted by Gasteiger charge is 2.12. The average molecular weight is 274 g/mol. The first-order chi connectivity index (χ1) is 5.52. The van der Waals surface area contributed by atoms with Crippen molar-refractivity contribution < 1.29 is 13.2 Å². The van der Waals surface area contributed by atoms with Gasteiger partial charge in [0, 0.05) is 4.47 Å². The molecule has 1 aromatic carbocycles. The van der Waals surface area contributed by atoms with Crippen LogP contribution >= 0.6 is 27.5 Å². The van der Waals surface area contributed by atoms with E-state index in [9.17, 15) is 8.60 Å². The molecular formula is C6H3BrClFO2S. The van der Waals surface area contributed by atoms with E-state index in [0.29, 0.717) is 0 Å². The third kappa shape index (κ3) is 2.04. The van der Waals surface area contributed by atoms with Crippen LogP contribution in [0.3, 0.4) is 0 Å². The van der Waals surface area contributed by atoms with Crippen molar-refractivity contribution in [2.75, 3.05) is 0 Å². The van der Waals surface area contributed by atoms with Crippen molar-refractivity contribution >= 4 is 38.6 Å². The fraction of sp³-hybridized carbons (Fsp3) is 0. The quantitative estimate of drug-likeness (QED) is 0.799. The van der Waals surface area contributed by atoms with Gasteiger partial charge in [0.1, 0.15) is 5.82 Å². The van der Waals surface area contributed by atoms with Crippen LogP contribution in [-0.2, 0) is 11.1 Å². The number of hydrogen-bond acceptors (Lipinski definition) is 1. The summed E-state index contributed by atoms with van der Waals surface area (Å²) in [6.45, 7) is 0. The summed E-state index contributed by atoms with van der Waals surface area (Å²) < 4.78 is 32.1. The Bertz CT molecular complexity index is 321. The summed E-state index contributed by atoms with van der Waals surface area (Å²) >= 11 is 6.22. The summed E-state index contributed by atoms with van der Waals surface area (Å²) in [6.07, 6.45) is 0. The van der Waals surface area contributed by atoms with Crippen LogP contribution in [0.15, 0.2) is 21.5 Å². The van der Waals surface area contributed by atoms with Gasteiger partial charge in [0.2, 0.25) is 0 Å². The standard InChI is InChI=1S/C6H3BrClFO2S/c7-4-1-3(9)2-5(8)6(4)12(10)11/h1-2H,(H,10,11). The molecule has 1 rings (SSSR count). The summed E-state index contributed by atoms with van der Waals surface area (Å²) in [5.74, 6) is -0.555. The van der Waals surface area contributed by atoms with Gasteiger partial charge in [-0.05, 0) is 28.1 Å². The zero-order valence-corrected chi connectivity index (χ0v) is 8.71. The molecule has 0 aliphatic heterocycles. The summed E-state index contributed by atoms with van der Waals surface area (Å²) in [4.78, 5) is -0.0157. The zero-order chi connectivity index (χ0) is 9.30. The maximum atomic E-state index is 12.6. The Labute approximate surface area is 84.1 Å². The Morgan fingerprint density at radius 2 is 2.17 bits per heavy atom. The minimum absolute atomic E-state index is 0.0157. The van der Waals surface area contributed by atoms with Gasteiger partial charge in [-0.15, -0.1) is 0 Å². The van der Waals surface area contributed by atoms with E-state index in [-0.39, 0.29) is 14.4 Å². The highest BCUT2D eigenvalue weighted by atomic mass is 79.9. The van der Waals surface area contributed by atoms with Crippen molar-refractivity contribution in [1.29, 1.82) is 0 Å². The lowest BCUT2D eigenvalue weighted by molar-refractivity contribution is 0.563. The first kappa shape index (κ1) is 10.1. The first-order valence-corrected chi connectivity index (χ1v) is 5.05. The lowest BCUT2D eigenvalue weighted by atomic mass is 10.3. The van der Waals surface area contributed by atoms with E-state index in [0.717, 1.165) is 12.1 Å². The molecule has 0 aliphatic rings. The second-order valence-electron chi connectivity index (χ2n) is 1.95. The van der Waals surface area contributed by atoms with Crippen molar-refractivity contribution in [3.05, 3.63) is 27.4 Å². The van der Waals surface area contributed by atoms with Crippen LogP contribution in [0.25, 0.3) is 0 Å². The predicted octanol–water partition coefficient (Wildman–Crippen LogP) is 2.82. The fourth-order valence-corrected chi connectivity index (χ4v) is 2.51. The van der Waals surface area contributed by atoms with Crippen LogP contribution in [0.5, 0.6) is 0 Å². The Hall–Kier alpha value is 0.0300. The maximum Gasteiger partial charge on any atom is 0.189 e. The predicted molar refractivity (Wildman–Crippen MR) is 48.1 cm³/mol. The zero-order valence-electron chi connectivity index (χ0n) is 5.55. The summed E-state index contributed by atoms with van der Waals surface area (Å²) in [6, 6.07) is 2.06. The maximum absolute atomic E-state index is 12.6. The molecular weight excluding hydrogens is 270 g/mol. The fourth-order valence-electron chi connectivity index (χ4n) is 0.696. The molecule has 0 saturated heterocycles. The minimum atomic E-state index is -2.21. The Kier molecular flexibility index (Phi) is 3.22. The summed E-state index contributed by atoms with van der Waals surface area (Å²) in [5.41, 5.74) is 0. The molecule has 12 heavy (non-hydrogen) atoms. The molecule has 0 heterocycles. The number of halogens is 3. The molecule has 0 amide bonds. The van der Waals surface area contributed by atoms with Gasteiger partial charge in [-0.1, -0.05) is 11.6 Å². The SMILES string of the molecule is O=S(O)c1c(Cl)cc(F)cc1Br. The topological polar surface area (TPSA) is 37.3 Å². The van der Waals surface area contributed by atoms with Gasteiger partial charge >= 0.3 is 0 Å². The third-order valence-electron chi connectivity index (χ3n) is 1.14. The first-order valence-electron chi connectivity index (χ1n) is 2.78. The molecule has 1 aromatic rings. The molecule has 0 saturated carbocycles. The second-order valence-corrected chi connectivity index (χ2v) is 4.12. The van der Waals surface area contributed by atoms with Gasteiger partial charge in [0.25, 0.3) is 0 Å². The van der Waals surface area contributed by atoms with Crippen molar-refractivity contribution in [3.8, 4) is 0 Å². The summed E-state index contributed by atoms with van der Waals surface area (Å²) in [5, 5.41) is -0.0669. The van der Waals surface area contributed by atoms with Crippen LogP contribution < -0.4 is 0 Å². The van der Waals surface area contributed by atoms with Gasteiger partial charge < -0.3 is 4.55 Å². The van der Waals surface area contributed by atoms with E-state index in [1.807, 2.05) is 0 Å². The number of rotatable bonds is 1. The Morgan fingerprint density at radius 3 is 2.58 bits per heavy atom. The van der Waals surface area contributed by atoms with Crippen molar-refractivity contribution in [2.45, 2.75) is 4.90 Å². The minimum Gasteiger partial charge on any atom is -0.302 e. The average Bonchev–Trinajstić information content (AvgIpc) is 1.82. The van der Waals surface area contributed by atoms with E-state index in [4.69, 9.17) is 16.2 Å². The molecule has 2 nitrogen and oxygen atoms in total. The number of hydrogen-bond donors (Lipinski definition) is 1. The molecule has 1 unspecified atom stereocenters. The highest BCUT2D eigenvalue weighted by molar-refractivity contribution is 9.10. The molecule has 1 atom stereocenters. The van der Waals surface area contributed by atoms with Crippen molar-refractivity contribution in [2.24, 2.45) is 0 Å². The molecule has 0 spiro atoms. The van der Waals surface area contributed by atoms with Gasteiger partial charge in [0.15, 0.2) is 11.1 Å². The molecule has 0 aliphatic carbocycles. The van der Waals surface area contributed by atoms with Crippen molar-refractivity contribution in [1.82, 2.24) is 0 Å². The Balaban J connectivity index is 3.38. The van der Waals surface area contributed by atoms with Crippen LogP contribution in [0.2, 0.25) is 5.02 Å². The molecule has 0 radical (unpaired) electrons. The van der Waals surface area contributed by atoms with E-state index in [1.165, 1.54) is 0 Å². The van der Waals surface area contributed by atoms with E-state index in [2.05, 4.69) is 15.9 Å². The van der Waals surface area contributed by atoms with Crippen LogP contribution in [0.1, 0.15) is 0 Å². The highest BCUT2D eigenvalue weighted by Crippen LogP contribution is 2.28. The van der Waals surface area contributed by atoms with Gasteiger partial charge in [0.05, 0.1) is 9.92 Å². The van der Waals surface area contributed by atoms with Crippen LogP contribution in [0, 0.1) is 5.82 Å². The lowest BCUT2D eigenvalue weighted by Gasteiger charge is -2.01. The van der Waals surface area contributed by atoms with Crippen LogP contribution in [-0.4, -0.2) is 8.76 Å². The van der Waals surface area contributed by atoms with Crippen molar-refractivity contribution in [3.63, 3.8) is 0 Å². The molecule has 1 N–H and O–H groups in total. The molecule has 6 heteroatoms. The lowest BCUT2D eigenvalue weighted by Crippen LogP contribution is -1.92. The molecule has 0 bridgehead atoms. The van der Waals surface area contributed by atoms with Gasteiger partial charge in [-0.25, -0.2) is 8.60 Å².